The predicted molar refractivity (Wildman–Crippen MR) is 109 cm³/mol. The van der Waals surface area contributed by atoms with Crippen molar-refractivity contribution in [1.82, 2.24) is 9.88 Å². The van der Waals surface area contributed by atoms with Gasteiger partial charge in [-0.2, -0.15) is 24.9 Å². The first-order chi connectivity index (χ1) is 14.1. The van der Waals surface area contributed by atoms with Crippen LogP contribution in [0.25, 0.3) is 0 Å². The molecule has 30 heavy (non-hydrogen) atoms. The van der Waals surface area contributed by atoms with Gasteiger partial charge in [0, 0.05) is 43.0 Å². The molecule has 2 heterocycles. The molecule has 1 aromatic carbocycles. The minimum Gasteiger partial charge on any atom is -0.322 e. The highest BCUT2D eigenvalue weighted by molar-refractivity contribution is 7.99. The molecule has 0 radical (unpaired) electrons. The fourth-order valence-electron chi connectivity index (χ4n) is 3.06. The molecule has 0 aliphatic carbocycles. The van der Waals surface area contributed by atoms with E-state index in [2.05, 4.69) is 15.2 Å². The van der Waals surface area contributed by atoms with E-state index >= 15 is 0 Å². The minimum absolute atomic E-state index is 0.386. The van der Waals surface area contributed by atoms with E-state index in [1.807, 2.05) is 23.9 Å². The van der Waals surface area contributed by atoms with E-state index in [4.69, 9.17) is 0 Å². The Balaban J connectivity index is 1.80. The van der Waals surface area contributed by atoms with Gasteiger partial charge >= 0.3 is 5.51 Å². The zero-order valence-electron chi connectivity index (χ0n) is 16.1. The van der Waals surface area contributed by atoms with Gasteiger partial charge in [-0.1, -0.05) is 12.1 Å². The standard InChI is InChI=1S/C19H20F3N3O3S2/c1-13-11-14(12-25-7-9-29-10-8-25)4-5-16(13)24-17(26)15-3-2-6-23-18(15)30(27,28)19(20,21)22/h2-6,11H,7-10,12H2,1H3,(H,24,26). The average molecular weight is 460 g/mol. The summed E-state index contributed by atoms with van der Waals surface area (Å²) >= 11 is 1.92. The predicted octanol–water partition coefficient (Wildman–Crippen LogP) is 3.48. The molecule has 1 N–H and O–H groups in total. The van der Waals surface area contributed by atoms with Crippen molar-refractivity contribution in [3.8, 4) is 0 Å². The lowest BCUT2D eigenvalue weighted by Gasteiger charge is -2.26. The number of sulfone groups is 1. The molecule has 1 saturated heterocycles. The summed E-state index contributed by atoms with van der Waals surface area (Å²) in [6, 6.07) is 7.60. The normalized spacial score (nSPS) is 15.7. The Labute approximate surface area is 176 Å². The molecule has 1 aliphatic rings. The second-order valence-corrected chi connectivity index (χ2v) is 9.88. The Morgan fingerprint density at radius 3 is 2.57 bits per heavy atom. The van der Waals surface area contributed by atoms with Crippen LogP contribution in [0.5, 0.6) is 0 Å². The van der Waals surface area contributed by atoms with Crippen molar-refractivity contribution in [3.63, 3.8) is 0 Å². The molecule has 2 aromatic rings. The van der Waals surface area contributed by atoms with E-state index in [9.17, 15) is 26.4 Å². The third-order valence-electron chi connectivity index (χ3n) is 4.62. The number of rotatable bonds is 5. The molecular formula is C19H20F3N3O3S2. The second kappa shape index (κ2) is 8.94. The summed E-state index contributed by atoms with van der Waals surface area (Å²) < 4.78 is 62.3. The SMILES string of the molecule is Cc1cc(CN2CCSCC2)ccc1NC(=O)c1cccnc1S(=O)(=O)C(F)(F)F. The van der Waals surface area contributed by atoms with E-state index in [-0.39, 0.29) is 0 Å². The number of halogens is 3. The number of nitrogens with zero attached hydrogens (tertiary/aromatic N) is 2. The monoisotopic (exact) mass is 459 g/mol. The molecule has 0 saturated carbocycles. The number of nitrogens with one attached hydrogen (secondary N) is 1. The third kappa shape index (κ3) is 4.96. The summed E-state index contributed by atoms with van der Waals surface area (Å²) in [5.41, 5.74) is -4.06. The molecular weight excluding hydrogens is 439 g/mol. The summed E-state index contributed by atoms with van der Waals surface area (Å²) in [4.78, 5) is 18.2. The Bertz CT molecular complexity index is 1040. The van der Waals surface area contributed by atoms with Crippen LogP contribution < -0.4 is 5.32 Å². The molecule has 162 valence electrons. The first-order valence-electron chi connectivity index (χ1n) is 9.07. The highest BCUT2D eigenvalue weighted by atomic mass is 32.2. The maximum Gasteiger partial charge on any atom is 0.503 e. The van der Waals surface area contributed by atoms with Crippen LogP contribution in [0.2, 0.25) is 0 Å². The number of pyridine rings is 1. The number of thioether (sulfide) groups is 1. The van der Waals surface area contributed by atoms with Crippen LogP contribution in [0.4, 0.5) is 18.9 Å². The lowest BCUT2D eigenvalue weighted by atomic mass is 10.1. The van der Waals surface area contributed by atoms with Crippen molar-refractivity contribution in [2.24, 2.45) is 0 Å². The van der Waals surface area contributed by atoms with E-state index in [0.29, 0.717) is 5.69 Å². The maximum absolute atomic E-state index is 12.9. The van der Waals surface area contributed by atoms with Crippen molar-refractivity contribution in [1.29, 1.82) is 0 Å². The van der Waals surface area contributed by atoms with Gasteiger partial charge in [-0.25, -0.2) is 13.4 Å². The summed E-state index contributed by atoms with van der Waals surface area (Å²) in [6.07, 6.45) is 0.897. The first-order valence-corrected chi connectivity index (χ1v) is 11.7. The summed E-state index contributed by atoms with van der Waals surface area (Å²) in [5, 5.41) is 1.18. The maximum atomic E-state index is 12.9. The number of hydrogen-bond acceptors (Lipinski definition) is 6. The minimum atomic E-state index is -5.76. The number of alkyl halides is 3. The molecule has 1 aliphatic heterocycles. The number of aromatic nitrogens is 1. The molecule has 3 rings (SSSR count). The fourth-order valence-corrected chi connectivity index (χ4v) is 4.91. The van der Waals surface area contributed by atoms with Crippen LogP contribution in [0.3, 0.4) is 0 Å². The van der Waals surface area contributed by atoms with Crippen molar-refractivity contribution in [2.45, 2.75) is 24.0 Å². The van der Waals surface area contributed by atoms with Crippen LogP contribution in [0, 0.1) is 6.92 Å². The Kier molecular flexibility index (Phi) is 6.73. The van der Waals surface area contributed by atoms with Crippen LogP contribution in [0.1, 0.15) is 21.5 Å². The fraction of sp³-hybridized carbons (Fsp3) is 0.368. The number of amides is 1. The van der Waals surface area contributed by atoms with Crippen LogP contribution in [0.15, 0.2) is 41.6 Å². The van der Waals surface area contributed by atoms with E-state index < -0.39 is 31.8 Å². The number of carbonyl (C=O) groups excluding carboxylic acids is 1. The highest BCUT2D eigenvalue weighted by Gasteiger charge is 2.49. The van der Waals surface area contributed by atoms with Gasteiger partial charge in [-0.3, -0.25) is 9.69 Å². The molecule has 0 bridgehead atoms. The highest BCUT2D eigenvalue weighted by Crippen LogP contribution is 2.31. The zero-order chi connectivity index (χ0) is 21.9. The van der Waals surface area contributed by atoms with Gasteiger partial charge in [-0.15, -0.1) is 0 Å². The molecule has 6 nitrogen and oxygen atoms in total. The smallest absolute Gasteiger partial charge is 0.322 e. The van der Waals surface area contributed by atoms with Gasteiger partial charge in [0.25, 0.3) is 15.7 Å². The lowest BCUT2D eigenvalue weighted by Crippen LogP contribution is -2.32. The Morgan fingerprint density at radius 1 is 1.23 bits per heavy atom. The molecule has 0 atom stereocenters. The number of aryl methyl sites for hydroxylation is 1. The molecule has 1 fully saturated rings. The summed E-state index contributed by atoms with van der Waals surface area (Å²) in [5.74, 6) is 1.19. The Hall–Kier alpha value is -2.11. The molecule has 0 spiro atoms. The van der Waals surface area contributed by atoms with Gasteiger partial charge in [0.1, 0.15) is 0 Å². The zero-order valence-corrected chi connectivity index (χ0v) is 17.7. The van der Waals surface area contributed by atoms with Crippen LogP contribution in [-0.2, 0) is 16.4 Å². The third-order valence-corrected chi connectivity index (χ3v) is 7.01. The van der Waals surface area contributed by atoms with Crippen molar-refractivity contribution >= 4 is 33.2 Å². The van der Waals surface area contributed by atoms with E-state index in [0.717, 1.165) is 54.5 Å². The molecule has 1 aromatic heterocycles. The van der Waals surface area contributed by atoms with Gasteiger partial charge in [0.15, 0.2) is 5.03 Å². The van der Waals surface area contributed by atoms with Crippen molar-refractivity contribution in [3.05, 3.63) is 53.2 Å². The number of anilines is 1. The summed E-state index contributed by atoms with van der Waals surface area (Å²) in [6.45, 7) is 4.54. The largest absolute Gasteiger partial charge is 0.503 e. The molecule has 0 unspecified atom stereocenters. The van der Waals surface area contributed by atoms with Gasteiger partial charge < -0.3 is 5.32 Å². The van der Waals surface area contributed by atoms with E-state index in [1.165, 1.54) is 6.07 Å². The lowest BCUT2D eigenvalue weighted by molar-refractivity contribution is -0.0438. The molecule has 1 amide bonds. The van der Waals surface area contributed by atoms with Crippen molar-refractivity contribution in [2.75, 3.05) is 29.9 Å². The van der Waals surface area contributed by atoms with Gasteiger partial charge in [0.05, 0.1) is 5.56 Å². The first kappa shape index (κ1) is 22.6. The topological polar surface area (TPSA) is 79.4 Å². The number of benzene rings is 1. The number of carbonyl (C=O) groups is 1. The van der Waals surface area contributed by atoms with Gasteiger partial charge in [-0.05, 0) is 36.2 Å². The van der Waals surface area contributed by atoms with E-state index in [1.54, 1.807) is 13.0 Å². The van der Waals surface area contributed by atoms with Gasteiger partial charge in [0.2, 0.25) is 0 Å². The van der Waals surface area contributed by atoms with Crippen molar-refractivity contribution < 1.29 is 26.4 Å². The number of hydrogen-bond donors (Lipinski definition) is 1. The second-order valence-electron chi connectivity index (χ2n) is 6.80. The van der Waals surface area contributed by atoms with Crippen LogP contribution in [-0.4, -0.2) is 54.3 Å². The average Bonchev–Trinajstić information content (AvgIpc) is 2.70. The van der Waals surface area contributed by atoms with Crippen LogP contribution >= 0.6 is 11.8 Å². The summed E-state index contributed by atoms with van der Waals surface area (Å²) in [7, 11) is -5.76. The molecule has 11 heteroatoms. The quantitative estimate of drug-likeness (QED) is 0.738. The Morgan fingerprint density at radius 2 is 1.93 bits per heavy atom.